The molecular formula is C24H34N5O10P. The maximum Gasteiger partial charge on any atom is 0.469 e. The lowest BCUT2D eigenvalue weighted by Crippen LogP contribution is -2.04. The van der Waals surface area contributed by atoms with E-state index in [1.54, 1.807) is 13.8 Å². The second kappa shape index (κ2) is 15.9. The number of nitrogens with zero attached hydrogens (tertiary/aromatic N) is 3. The average molecular weight is 584 g/mol. The van der Waals surface area contributed by atoms with Gasteiger partial charge in [0.2, 0.25) is 0 Å². The fraction of sp³-hybridized carbons (Fsp3) is 0.333. The minimum Gasteiger partial charge on any atom is -0.506 e. The van der Waals surface area contributed by atoms with Gasteiger partial charge in [-0.15, -0.1) is 0 Å². The van der Waals surface area contributed by atoms with E-state index in [9.17, 15) is 24.7 Å². The van der Waals surface area contributed by atoms with Crippen LogP contribution in [0.25, 0.3) is 0 Å². The van der Waals surface area contributed by atoms with E-state index < -0.39 is 14.4 Å². The second-order valence-electron chi connectivity index (χ2n) is 8.13. The molecule has 0 fully saturated rings. The number of phosphoric acid groups is 1. The van der Waals surface area contributed by atoms with Crippen LogP contribution in [0.5, 0.6) is 17.2 Å². The number of carbonyl (C=O) groups excluding carboxylic acids is 1. The number of aliphatic hydroxyl groups is 2. The number of hydrogen-bond donors (Lipinski definition) is 9. The molecule has 3 aromatic rings. The van der Waals surface area contributed by atoms with E-state index in [-0.39, 0.29) is 60.4 Å². The highest BCUT2D eigenvalue weighted by Crippen LogP contribution is 2.37. The van der Waals surface area contributed by atoms with Crippen molar-refractivity contribution in [2.45, 2.75) is 53.7 Å². The Kier molecular flexibility index (Phi) is 13.7. The Hall–Kier alpha value is -3.53. The number of pyridine rings is 3. The van der Waals surface area contributed by atoms with Gasteiger partial charge < -0.3 is 46.8 Å². The molecule has 11 N–H and O–H groups in total. The molecule has 0 saturated carbocycles. The van der Waals surface area contributed by atoms with Crippen LogP contribution in [0, 0.1) is 20.8 Å². The van der Waals surface area contributed by atoms with Gasteiger partial charge in [0.25, 0.3) is 0 Å². The van der Waals surface area contributed by atoms with Crippen molar-refractivity contribution >= 4 is 14.1 Å². The van der Waals surface area contributed by atoms with Gasteiger partial charge in [-0.3, -0.25) is 24.3 Å². The number of aromatic nitrogens is 3. The topological polar surface area (TPSA) is 276 Å². The van der Waals surface area contributed by atoms with Gasteiger partial charge in [-0.05, 0) is 20.8 Å². The largest absolute Gasteiger partial charge is 0.506 e. The highest BCUT2D eigenvalue weighted by atomic mass is 31.2. The zero-order valence-electron chi connectivity index (χ0n) is 22.1. The molecule has 3 rings (SSSR count). The molecule has 40 heavy (non-hydrogen) atoms. The summed E-state index contributed by atoms with van der Waals surface area (Å²) in [4.78, 5) is 39.2. The molecule has 0 bridgehead atoms. The van der Waals surface area contributed by atoms with Crippen molar-refractivity contribution in [3.8, 4) is 17.2 Å². The monoisotopic (exact) mass is 583 g/mol. The average Bonchev–Trinajstić information content (AvgIpc) is 2.92. The second-order valence-corrected chi connectivity index (χ2v) is 9.37. The van der Waals surface area contributed by atoms with E-state index >= 15 is 0 Å². The van der Waals surface area contributed by atoms with Crippen LogP contribution >= 0.6 is 7.82 Å². The minimum atomic E-state index is -4.61. The highest BCUT2D eigenvalue weighted by molar-refractivity contribution is 7.46. The summed E-state index contributed by atoms with van der Waals surface area (Å²) in [5.74, 6) is -0.144. The standard InChI is InChI=1S/2C8H12N2O2.C8H10NO6P/c2*1-5-8(12)7(2-9)6(4-11)3-10-5;1-5-8(11)7(3-10)6(2-9-5)4-15-16(12,13)14/h2*3,11-12H,2,4,9H2,1H3;2-3,11H,4H2,1H3,(H2,12,13,14). The molecule has 0 unspecified atom stereocenters. The zero-order valence-corrected chi connectivity index (χ0v) is 23.0. The molecular weight excluding hydrogens is 549 g/mol. The molecule has 3 heterocycles. The van der Waals surface area contributed by atoms with Gasteiger partial charge in [0.05, 0.1) is 42.5 Å². The fourth-order valence-corrected chi connectivity index (χ4v) is 3.46. The van der Waals surface area contributed by atoms with Crippen molar-refractivity contribution in [1.82, 2.24) is 15.0 Å². The number of aromatic hydroxyl groups is 3. The third-order valence-electron chi connectivity index (χ3n) is 5.47. The predicted octanol–water partition coefficient (Wildman–Crippen LogP) is 0.611. The molecule has 0 saturated heterocycles. The predicted molar refractivity (Wildman–Crippen MR) is 142 cm³/mol. The molecule has 0 spiro atoms. The molecule has 0 radical (unpaired) electrons. The Morgan fingerprint density at radius 3 is 1.48 bits per heavy atom. The van der Waals surface area contributed by atoms with Crippen molar-refractivity contribution < 1.29 is 49.2 Å². The Morgan fingerprint density at radius 2 is 1.15 bits per heavy atom. The van der Waals surface area contributed by atoms with E-state index in [0.717, 1.165) is 0 Å². The molecule has 220 valence electrons. The summed E-state index contributed by atoms with van der Waals surface area (Å²) in [6.07, 6.45) is 4.64. The number of phosphoric ester groups is 1. The summed E-state index contributed by atoms with van der Waals surface area (Å²) < 4.78 is 14.7. The van der Waals surface area contributed by atoms with Crippen LogP contribution in [0.4, 0.5) is 0 Å². The van der Waals surface area contributed by atoms with Gasteiger partial charge in [-0.25, -0.2) is 4.57 Å². The Balaban J connectivity index is 0.000000305. The van der Waals surface area contributed by atoms with E-state index in [4.69, 9.17) is 31.5 Å². The summed E-state index contributed by atoms with van der Waals surface area (Å²) in [5.41, 5.74) is 14.5. The first kappa shape index (κ1) is 34.5. The normalized spacial score (nSPS) is 10.7. The maximum absolute atomic E-state index is 10.7. The van der Waals surface area contributed by atoms with Crippen LogP contribution < -0.4 is 11.5 Å². The molecule has 0 aliphatic carbocycles. The number of aldehydes is 1. The summed E-state index contributed by atoms with van der Waals surface area (Å²) >= 11 is 0. The number of aliphatic hydroxyl groups excluding tert-OH is 2. The van der Waals surface area contributed by atoms with Gasteiger partial charge in [-0.2, -0.15) is 0 Å². The van der Waals surface area contributed by atoms with Crippen molar-refractivity contribution in [1.29, 1.82) is 0 Å². The number of carbonyl (C=O) groups is 1. The van der Waals surface area contributed by atoms with Crippen LogP contribution in [-0.4, -0.2) is 56.6 Å². The molecule has 0 amide bonds. The van der Waals surface area contributed by atoms with Gasteiger partial charge in [0.1, 0.15) is 17.2 Å². The smallest absolute Gasteiger partial charge is 0.469 e. The van der Waals surface area contributed by atoms with Crippen LogP contribution in [0.1, 0.15) is 55.3 Å². The van der Waals surface area contributed by atoms with Crippen LogP contribution in [0.2, 0.25) is 0 Å². The van der Waals surface area contributed by atoms with Crippen molar-refractivity contribution in [2.24, 2.45) is 11.5 Å². The summed E-state index contributed by atoms with van der Waals surface area (Å²) in [7, 11) is -4.61. The molecule has 3 aromatic heterocycles. The van der Waals surface area contributed by atoms with E-state index in [1.807, 2.05) is 0 Å². The number of hydrogen-bond acceptors (Lipinski definition) is 13. The number of nitrogens with two attached hydrogens (primary N) is 2. The van der Waals surface area contributed by atoms with E-state index in [0.29, 0.717) is 39.9 Å². The molecule has 0 aromatic carbocycles. The SMILES string of the molecule is Cc1ncc(CO)c(CN)c1O.Cc1ncc(CO)c(CN)c1O.Cc1ncc(COP(=O)(O)O)c(C=O)c1O. The van der Waals surface area contributed by atoms with Crippen molar-refractivity contribution in [2.75, 3.05) is 0 Å². The lowest BCUT2D eigenvalue weighted by atomic mass is 10.1. The molecule has 0 aliphatic rings. The lowest BCUT2D eigenvalue weighted by Gasteiger charge is -2.09. The zero-order chi connectivity index (χ0) is 30.6. The van der Waals surface area contributed by atoms with Crippen LogP contribution in [-0.2, 0) is 42.0 Å². The first-order valence-corrected chi connectivity index (χ1v) is 13.1. The molecule has 0 atom stereocenters. The van der Waals surface area contributed by atoms with Crippen molar-refractivity contribution in [3.63, 3.8) is 0 Å². The van der Waals surface area contributed by atoms with E-state index in [1.165, 1.54) is 25.5 Å². The number of aryl methyl sites for hydroxylation is 3. The maximum atomic E-state index is 10.7. The Bertz CT molecular complexity index is 1290. The summed E-state index contributed by atoms with van der Waals surface area (Å²) in [6, 6.07) is 0. The first-order valence-electron chi connectivity index (χ1n) is 11.5. The Labute approximate surface area is 230 Å². The van der Waals surface area contributed by atoms with E-state index in [2.05, 4.69) is 19.5 Å². The van der Waals surface area contributed by atoms with Gasteiger partial charge in [0, 0.05) is 59.5 Å². The minimum absolute atomic E-state index is 0.0825. The summed E-state index contributed by atoms with van der Waals surface area (Å²) in [5, 5.41) is 46.1. The molecule has 16 heteroatoms. The van der Waals surface area contributed by atoms with Gasteiger partial charge >= 0.3 is 7.82 Å². The fourth-order valence-electron chi connectivity index (χ4n) is 3.15. The van der Waals surface area contributed by atoms with Crippen molar-refractivity contribution in [3.05, 3.63) is 69.1 Å². The number of rotatable bonds is 8. The summed E-state index contributed by atoms with van der Waals surface area (Å²) in [6.45, 7) is 4.51. The van der Waals surface area contributed by atoms with Crippen LogP contribution in [0.3, 0.4) is 0 Å². The Morgan fingerprint density at radius 1 is 0.775 bits per heavy atom. The first-order chi connectivity index (χ1) is 18.8. The van der Waals surface area contributed by atoms with Gasteiger partial charge in [-0.1, -0.05) is 0 Å². The molecule has 0 aliphatic heterocycles. The van der Waals surface area contributed by atoms with Crippen LogP contribution in [0.15, 0.2) is 18.6 Å². The molecule has 15 nitrogen and oxygen atoms in total. The third kappa shape index (κ3) is 9.59. The lowest BCUT2D eigenvalue weighted by molar-refractivity contribution is 0.111. The third-order valence-corrected chi connectivity index (χ3v) is 5.94. The highest BCUT2D eigenvalue weighted by Gasteiger charge is 2.17. The quantitative estimate of drug-likeness (QED) is 0.130. The van der Waals surface area contributed by atoms with Gasteiger partial charge in [0.15, 0.2) is 6.29 Å².